The minimum absolute atomic E-state index is 0.0943. The summed E-state index contributed by atoms with van der Waals surface area (Å²) in [6, 6.07) is 5.71. The van der Waals surface area contributed by atoms with E-state index in [1.165, 1.54) is 4.57 Å². The molecule has 0 saturated carbocycles. The lowest BCUT2D eigenvalue weighted by molar-refractivity contribution is 0.709. The maximum Gasteiger partial charge on any atom is 0.268 e. The highest BCUT2D eigenvalue weighted by atomic mass is 79.9. The van der Waals surface area contributed by atoms with E-state index >= 15 is 0 Å². The Morgan fingerprint density at radius 1 is 1.42 bits per heavy atom. The molecular formula is C13H15BrN4O. The second kappa shape index (κ2) is 5.97. The van der Waals surface area contributed by atoms with E-state index in [-0.39, 0.29) is 5.56 Å². The summed E-state index contributed by atoms with van der Waals surface area (Å²) in [6.45, 7) is 5.03. The van der Waals surface area contributed by atoms with E-state index in [0.717, 1.165) is 18.1 Å². The van der Waals surface area contributed by atoms with Crippen molar-refractivity contribution >= 4 is 21.7 Å². The first kappa shape index (κ1) is 13.7. The highest BCUT2D eigenvalue weighted by molar-refractivity contribution is 9.10. The van der Waals surface area contributed by atoms with Crippen LogP contribution in [0, 0.1) is 6.92 Å². The summed E-state index contributed by atoms with van der Waals surface area (Å²) in [5.41, 5.74) is 1.41. The van der Waals surface area contributed by atoms with Crippen LogP contribution in [-0.2, 0) is 6.54 Å². The summed E-state index contributed by atoms with van der Waals surface area (Å²) < 4.78 is 2.03. The smallest absolute Gasteiger partial charge is 0.268 e. The molecule has 0 aromatic carbocycles. The molecule has 0 saturated heterocycles. The lowest BCUT2D eigenvalue weighted by atomic mass is 10.3. The van der Waals surface area contributed by atoms with Gasteiger partial charge in [0, 0.05) is 6.54 Å². The molecular weight excluding hydrogens is 308 g/mol. The number of hydrogen-bond donors (Lipinski definition) is 1. The highest BCUT2D eigenvalue weighted by Gasteiger charge is 2.06. The fourth-order valence-electron chi connectivity index (χ4n) is 1.68. The van der Waals surface area contributed by atoms with Gasteiger partial charge in [0.15, 0.2) is 0 Å². The third kappa shape index (κ3) is 3.20. The molecule has 0 aliphatic rings. The van der Waals surface area contributed by atoms with Gasteiger partial charge in [-0.05, 0) is 41.9 Å². The van der Waals surface area contributed by atoms with E-state index in [1.54, 1.807) is 13.3 Å². The molecule has 2 aromatic rings. The van der Waals surface area contributed by atoms with Crippen LogP contribution in [0.15, 0.2) is 33.8 Å². The molecule has 0 unspecified atom stereocenters. The maximum absolute atomic E-state index is 12.0. The highest BCUT2D eigenvalue weighted by Crippen LogP contribution is 2.08. The number of aromatic nitrogens is 3. The van der Waals surface area contributed by atoms with Crippen LogP contribution < -0.4 is 10.9 Å². The monoisotopic (exact) mass is 322 g/mol. The maximum atomic E-state index is 12.0. The number of hydrogen-bond acceptors (Lipinski definition) is 4. The molecule has 2 rings (SSSR count). The number of rotatable bonds is 4. The number of aryl methyl sites for hydroxylation is 1. The second-order valence-corrected chi connectivity index (χ2v) is 4.91. The molecule has 2 aromatic heterocycles. The van der Waals surface area contributed by atoms with Crippen molar-refractivity contribution in [3.8, 4) is 0 Å². The standard InChI is InChI=1S/C13H15BrN4O/c1-3-15-11-6-4-5-10(17-11)7-18-8-16-9(2)12(14)13(18)19/h4-6,8H,3,7H2,1-2H3,(H,15,17). The first-order valence-electron chi connectivity index (χ1n) is 6.03. The Bertz CT molecular complexity index is 639. The van der Waals surface area contributed by atoms with Gasteiger partial charge in [0.1, 0.15) is 10.3 Å². The molecule has 0 fully saturated rings. The Balaban J connectivity index is 2.29. The molecule has 0 spiro atoms. The largest absolute Gasteiger partial charge is 0.370 e. The summed E-state index contributed by atoms with van der Waals surface area (Å²) in [5.74, 6) is 0.812. The van der Waals surface area contributed by atoms with Crippen LogP contribution in [0.4, 0.5) is 5.82 Å². The van der Waals surface area contributed by atoms with Crippen LogP contribution in [0.3, 0.4) is 0 Å². The molecule has 2 heterocycles. The molecule has 100 valence electrons. The number of nitrogens with zero attached hydrogens (tertiary/aromatic N) is 3. The van der Waals surface area contributed by atoms with Gasteiger partial charge in [0.2, 0.25) is 0 Å². The average Bonchev–Trinajstić information content (AvgIpc) is 2.40. The Hall–Kier alpha value is -1.69. The molecule has 19 heavy (non-hydrogen) atoms. The van der Waals surface area contributed by atoms with Crippen molar-refractivity contribution in [3.63, 3.8) is 0 Å². The SMILES string of the molecule is CCNc1cccc(Cn2cnc(C)c(Br)c2=O)n1. The average molecular weight is 323 g/mol. The molecule has 6 heteroatoms. The second-order valence-electron chi connectivity index (χ2n) is 4.12. The summed E-state index contributed by atoms with van der Waals surface area (Å²) in [5, 5.41) is 3.15. The molecule has 0 amide bonds. The fourth-order valence-corrected chi connectivity index (χ4v) is 2.01. The number of anilines is 1. The normalized spacial score (nSPS) is 10.5. The summed E-state index contributed by atoms with van der Waals surface area (Å²) in [4.78, 5) is 20.6. The van der Waals surface area contributed by atoms with Crippen molar-refractivity contribution in [1.29, 1.82) is 0 Å². The van der Waals surface area contributed by atoms with Gasteiger partial charge >= 0.3 is 0 Å². The molecule has 0 radical (unpaired) electrons. The van der Waals surface area contributed by atoms with Crippen molar-refractivity contribution in [3.05, 3.63) is 50.7 Å². The topological polar surface area (TPSA) is 59.8 Å². The third-order valence-electron chi connectivity index (χ3n) is 2.65. The minimum atomic E-state index is -0.0943. The van der Waals surface area contributed by atoms with E-state index in [1.807, 2.05) is 25.1 Å². The molecule has 0 aliphatic heterocycles. The van der Waals surface area contributed by atoms with Crippen LogP contribution in [0.2, 0.25) is 0 Å². The third-order valence-corrected chi connectivity index (χ3v) is 3.57. The van der Waals surface area contributed by atoms with Gasteiger partial charge in [0.05, 0.1) is 24.3 Å². The lowest BCUT2D eigenvalue weighted by Gasteiger charge is -2.08. The predicted molar refractivity (Wildman–Crippen MR) is 78.4 cm³/mol. The number of halogens is 1. The number of pyridine rings is 1. The minimum Gasteiger partial charge on any atom is -0.370 e. The van der Waals surface area contributed by atoms with Crippen LogP contribution >= 0.6 is 15.9 Å². The van der Waals surface area contributed by atoms with Gasteiger partial charge in [-0.15, -0.1) is 0 Å². The Morgan fingerprint density at radius 2 is 2.21 bits per heavy atom. The summed E-state index contributed by atoms with van der Waals surface area (Å²) in [6.07, 6.45) is 1.55. The molecule has 1 N–H and O–H groups in total. The van der Waals surface area contributed by atoms with Crippen molar-refractivity contribution in [1.82, 2.24) is 14.5 Å². The van der Waals surface area contributed by atoms with Gasteiger partial charge in [-0.25, -0.2) is 9.97 Å². The van der Waals surface area contributed by atoms with E-state index < -0.39 is 0 Å². The Labute approximate surface area is 119 Å². The zero-order valence-corrected chi connectivity index (χ0v) is 12.4. The van der Waals surface area contributed by atoms with E-state index in [4.69, 9.17) is 0 Å². The molecule has 0 bridgehead atoms. The van der Waals surface area contributed by atoms with Crippen molar-refractivity contribution in [2.45, 2.75) is 20.4 Å². The predicted octanol–water partition coefficient (Wildman–Crippen LogP) is 2.19. The Kier molecular flexibility index (Phi) is 4.31. The summed E-state index contributed by atoms with van der Waals surface area (Å²) in [7, 11) is 0. The molecule has 5 nitrogen and oxygen atoms in total. The van der Waals surface area contributed by atoms with Crippen molar-refractivity contribution in [2.75, 3.05) is 11.9 Å². The van der Waals surface area contributed by atoms with Gasteiger partial charge in [0.25, 0.3) is 5.56 Å². The Morgan fingerprint density at radius 3 is 2.95 bits per heavy atom. The quantitative estimate of drug-likeness (QED) is 0.937. The van der Waals surface area contributed by atoms with E-state index in [0.29, 0.717) is 16.7 Å². The van der Waals surface area contributed by atoms with Crippen LogP contribution in [0.25, 0.3) is 0 Å². The number of nitrogens with one attached hydrogen (secondary N) is 1. The van der Waals surface area contributed by atoms with Gasteiger partial charge in [-0.2, -0.15) is 0 Å². The first-order chi connectivity index (χ1) is 9.11. The van der Waals surface area contributed by atoms with E-state index in [9.17, 15) is 4.79 Å². The van der Waals surface area contributed by atoms with Crippen LogP contribution in [0.1, 0.15) is 18.3 Å². The lowest BCUT2D eigenvalue weighted by Crippen LogP contribution is -2.23. The van der Waals surface area contributed by atoms with Crippen molar-refractivity contribution < 1.29 is 0 Å². The van der Waals surface area contributed by atoms with Crippen LogP contribution in [0.5, 0.6) is 0 Å². The van der Waals surface area contributed by atoms with Crippen molar-refractivity contribution in [2.24, 2.45) is 0 Å². The van der Waals surface area contributed by atoms with Gasteiger partial charge in [-0.1, -0.05) is 6.07 Å². The zero-order valence-electron chi connectivity index (χ0n) is 10.9. The molecule has 0 aliphatic carbocycles. The van der Waals surface area contributed by atoms with E-state index in [2.05, 4.69) is 31.2 Å². The zero-order chi connectivity index (χ0) is 13.8. The van der Waals surface area contributed by atoms with Gasteiger partial charge < -0.3 is 5.32 Å². The first-order valence-corrected chi connectivity index (χ1v) is 6.82. The molecule has 0 atom stereocenters. The van der Waals surface area contributed by atoms with Gasteiger partial charge in [-0.3, -0.25) is 9.36 Å². The fraction of sp³-hybridized carbons (Fsp3) is 0.308. The summed E-state index contributed by atoms with van der Waals surface area (Å²) >= 11 is 3.25. The van der Waals surface area contributed by atoms with Crippen LogP contribution in [-0.4, -0.2) is 21.1 Å².